The van der Waals surface area contributed by atoms with Crippen molar-refractivity contribution in [2.24, 2.45) is 5.92 Å². The van der Waals surface area contributed by atoms with Crippen LogP contribution in [0.25, 0.3) is 0 Å². The molecule has 1 radical (unpaired) electrons. The summed E-state index contributed by atoms with van der Waals surface area (Å²) in [6.45, 7) is 2.95. The third-order valence-corrected chi connectivity index (χ3v) is 1.07. The van der Waals surface area contributed by atoms with Gasteiger partial charge in [0.05, 0.1) is 18.1 Å². The van der Waals surface area contributed by atoms with E-state index in [4.69, 9.17) is 15.5 Å². The van der Waals surface area contributed by atoms with Gasteiger partial charge in [-0.15, -0.1) is 0 Å². The molecule has 0 amide bonds. The van der Waals surface area contributed by atoms with Crippen molar-refractivity contribution in [2.75, 3.05) is 0 Å². The van der Waals surface area contributed by atoms with Gasteiger partial charge in [-0.1, -0.05) is 0 Å². The molecule has 0 heterocycles. The second-order valence-electron chi connectivity index (χ2n) is 1.95. The Morgan fingerprint density at radius 2 is 2.00 bits per heavy atom. The van der Waals surface area contributed by atoms with Crippen LogP contribution in [0, 0.1) is 23.4 Å². The maximum atomic E-state index is 8.84. The third kappa shape index (κ3) is 2.45. The predicted octanol–water partition coefficient (Wildman–Crippen LogP) is 0.431. The minimum atomic E-state index is -0.903. The molecule has 0 saturated carbocycles. The van der Waals surface area contributed by atoms with Crippen molar-refractivity contribution in [1.29, 1.82) is 5.26 Å². The Morgan fingerprint density at radius 1 is 1.56 bits per heavy atom. The summed E-state index contributed by atoms with van der Waals surface area (Å²) in [4.78, 5) is 0. The van der Waals surface area contributed by atoms with Crippen molar-refractivity contribution in [1.82, 2.24) is 0 Å². The van der Waals surface area contributed by atoms with Crippen molar-refractivity contribution in [3.63, 3.8) is 0 Å². The van der Waals surface area contributed by atoms with Crippen molar-refractivity contribution in [3.05, 3.63) is 6.10 Å². The molecule has 0 aromatic rings. The number of rotatable bonds is 2. The molecule has 0 aromatic carbocycles. The molecule has 0 aliphatic carbocycles. The number of nitriles is 1. The molecule has 0 aliphatic rings. The van der Waals surface area contributed by atoms with Gasteiger partial charge in [0, 0.05) is 0 Å². The van der Waals surface area contributed by atoms with E-state index in [0.29, 0.717) is 0 Å². The van der Waals surface area contributed by atoms with Crippen LogP contribution in [0.3, 0.4) is 0 Å². The fraction of sp³-hybridized carbons (Fsp3) is 0.667. The fourth-order valence-corrected chi connectivity index (χ4v) is 0.428. The van der Waals surface area contributed by atoms with Crippen LogP contribution in [0.1, 0.15) is 13.8 Å². The molecule has 0 rings (SSSR count). The van der Waals surface area contributed by atoms with Crippen LogP contribution >= 0.6 is 0 Å². The van der Waals surface area contributed by atoms with Gasteiger partial charge in [-0.2, -0.15) is 5.26 Å². The maximum Gasteiger partial charge on any atom is 0.138 e. The number of aliphatic hydroxyl groups excluding tert-OH is 2. The molecule has 2 N–H and O–H groups in total. The summed E-state index contributed by atoms with van der Waals surface area (Å²) in [5, 5.41) is 25.7. The van der Waals surface area contributed by atoms with Crippen LogP contribution in [-0.2, 0) is 0 Å². The Hall–Kier alpha value is -0.590. The van der Waals surface area contributed by atoms with Gasteiger partial charge in [0.15, 0.2) is 0 Å². The van der Waals surface area contributed by atoms with E-state index >= 15 is 0 Å². The summed E-state index contributed by atoms with van der Waals surface area (Å²) in [5.41, 5.74) is 0. The summed E-state index contributed by atoms with van der Waals surface area (Å²) in [6, 6.07) is 1.80. The van der Waals surface area contributed by atoms with Crippen molar-refractivity contribution < 1.29 is 10.2 Å². The number of aliphatic hydroxyl groups is 2. The van der Waals surface area contributed by atoms with Crippen LogP contribution < -0.4 is 0 Å². The van der Waals surface area contributed by atoms with Crippen LogP contribution in [0.5, 0.6) is 0 Å². The van der Waals surface area contributed by atoms with Crippen molar-refractivity contribution in [2.45, 2.75) is 20.0 Å². The van der Waals surface area contributed by atoms with Gasteiger partial charge < -0.3 is 10.2 Å². The zero-order chi connectivity index (χ0) is 7.44. The van der Waals surface area contributed by atoms with E-state index in [1.54, 1.807) is 6.07 Å². The first-order valence-electron chi connectivity index (χ1n) is 2.73. The molecule has 2 atom stereocenters. The Kier molecular flexibility index (Phi) is 3.21. The van der Waals surface area contributed by atoms with E-state index in [1.807, 2.05) is 0 Å². The van der Waals surface area contributed by atoms with E-state index in [1.165, 1.54) is 13.8 Å². The predicted molar refractivity (Wildman–Crippen MR) is 31.6 cm³/mol. The first kappa shape index (κ1) is 8.41. The smallest absolute Gasteiger partial charge is 0.138 e. The zero-order valence-electron chi connectivity index (χ0n) is 5.50. The van der Waals surface area contributed by atoms with Crippen molar-refractivity contribution >= 4 is 0 Å². The van der Waals surface area contributed by atoms with Gasteiger partial charge in [0.2, 0.25) is 0 Å². The second-order valence-corrected chi connectivity index (χ2v) is 1.95. The number of hydrogen-bond acceptors (Lipinski definition) is 3. The van der Waals surface area contributed by atoms with Gasteiger partial charge >= 0.3 is 0 Å². The summed E-state index contributed by atoms with van der Waals surface area (Å²) in [7, 11) is 0. The summed E-state index contributed by atoms with van der Waals surface area (Å²) < 4.78 is 0. The first-order valence-corrected chi connectivity index (χ1v) is 2.73. The highest BCUT2D eigenvalue weighted by molar-refractivity contribution is 4.99. The summed E-state index contributed by atoms with van der Waals surface area (Å²) in [5.74, 6) is -0.579. The van der Waals surface area contributed by atoms with E-state index in [0.717, 1.165) is 0 Å². The zero-order valence-corrected chi connectivity index (χ0v) is 5.50. The monoisotopic (exact) mass is 128 g/mol. The van der Waals surface area contributed by atoms with E-state index < -0.39 is 12.0 Å². The van der Waals surface area contributed by atoms with Gasteiger partial charge in [0.1, 0.15) is 6.10 Å². The highest BCUT2D eigenvalue weighted by Gasteiger charge is 2.19. The molecule has 0 fully saturated rings. The normalized spacial score (nSPS) is 16.9. The molecular formula is C6H10NO2. The highest BCUT2D eigenvalue weighted by Crippen LogP contribution is 2.12. The topological polar surface area (TPSA) is 64.2 Å². The van der Waals surface area contributed by atoms with Crippen LogP contribution in [0.2, 0.25) is 0 Å². The molecule has 0 saturated heterocycles. The molecule has 2 unspecified atom stereocenters. The minimum absolute atomic E-state index is 0.169. The summed E-state index contributed by atoms with van der Waals surface area (Å²) >= 11 is 0. The van der Waals surface area contributed by atoms with Gasteiger partial charge in [-0.25, -0.2) is 0 Å². The average Bonchev–Trinajstić information content (AvgIpc) is 1.84. The fourth-order valence-electron chi connectivity index (χ4n) is 0.428. The van der Waals surface area contributed by atoms with Crippen molar-refractivity contribution in [3.8, 4) is 6.07 Å². The lowest BCUT2D eigenvalue weighted by atomic mass is 10.0. The Labute approximate surface area is 54.5 Å². The Morgan fingerprint density at radius 3 is 2.11 bits per heavy atom. The Balaban J connectivity index is 3.76. The number of nitrogens with zero attached hydrogens (tertiary/aromatic N) is 1. The molecule has 51 valence electrons. The number of hydrogen-bond donors (Lipinski definition) is 2. The van der Waals surface area contributed by atoms with Crippen LogP contribution in [-0.4, -0.2) is 16.3 Å². The lowest BCUT2D eigenvalue weighted by Crippen LogP contribution is -2.19. The molecule has 3 nitrogen and oxygen atoms in total. The molecule has 9 heavy (non-hydrogen) atoms. The molecule has 0 aliphatic heterocycles. The van der Waals surface area contributed by atoms with Gasteiger partial charge in [0.25, 0.3) is 0 Å². The SMILES string of the molecule is CC(O)[C](O)C(C)C#N. The van der Waals surface area contributed by atoms with E-state index in [-0.39, 0.29) is 6.10 Å². The standard InChI is InChI=1S/C6H10NO2/c1-4(3-7)6(9)5(2)8/h4-5,8-9H,1-2H3. The molecule has 0 aromatic heterocycles. The molecule has 0 bridgehead atoms. The molecule has 3 heteroatoms. The molecular weight excluding hydrogens is 118 g/mol. The molecule has 0 spiro atoms. The Bertz CT molecular complexity index is 117. The third-order valence-electron chi connectivity index (χ3n) is 1.07. The highest BCUT2D eigenvalue weighted by atomic mass is 16.3. The maximum absolute atomic E-state index is 8.84. The minimum Gasteiger partial charge on any atom is -0.390 e. The van der Waals surface area contributed by atoms with E-state index in [2.05, 4.69) is 0 Å². The van der Waals surface area contributed by atoms with Gasteiger partial charge in [-0.3, -0.25) is 0 Å². The first-order chi connectivity index (χ1) is 4.09. The quantitative estimate of drug-likeness (QED) is 0.566. The van der Waals surface area contributed by atoms with Gasteiger partial charge in [-0.05, 0) is 13.8 Å². The summed E-state index contributed by atoms with van der Waals surface area (Å²) in [6.07, 6.45) is -1.07. The largest absolute Gasteiger partial charge is 0.390 e. The van der Waals surface area contributed by atoms with Crippen LogP contribution in [0.15, 0.2) is 0 Å². The van der Waals surface area contributed by atoms with Crippen LogP contribution in [0.4, 0.5) is 0 Å². The lowest BCUT2D eigenvalue weighted by Gasteiger charge is -2.12. The van der Waals surface area contributed by atoms with E-state index in [9.17, 15) is 0 Å². The second kappa shape index (κ2) is 3.44. The lowest BCUT2D eigenvalue weighted by molar-refractivity contribution is 0.0941. The average molecular weight is 128 g/mol.